The Morgan fingerprint density at radius 1 is 1.29 bits per heavy atom. The van der Waals surface area contributed by atoms with Crippen LogP contribution in [0.25, 0.3) is 0 Å². The number of amidine groups is 1. The molecule has 1 aromatic carbocycles. The minimum absolute atomic E-state index is 0.0873. The zero-order valence-corrected chi connectivity index (χ0v) is 14.5. The van der Waals surface area contributed by atoms with E-state index < -0.39 is 34.8 Å². The average molecular weight is 397 g/mol. The van der Waals surface area contributed by atoms with Gasteiger partial charge in [0.2, 0.25) is 5.82 Å². The van der Waals surface area contributed by atoms with E-state index >= 15 is 0 Å². The van der Waals surface area contributed by atoms with Gasteiger partial charge in [0.1, 0.15) is 23.8 Å². The fourth-order valence-corrected chi connectivity index (χ4v) is 2.67. The highest BCUT2D eigenvalue weighted by atomic mass is 19.4. The Hall–Kier alpha value is -3.08. The van der Waals surface area contributed by atoms with Gasteiger partial charge in [0.15, 0.2) is 0 Å². The smallest absolute Gasteiger partial charge is 0.386 e. The molecule has 0 saturated heterocycles. The van der Waals surface area contributed by atoms with E-state index in [1.54, 1.807) is 6.92 Å². The van der Waals surface area contributed by atoms with E-state index in [1.807, 2.05) is 0 Å². The standard InChI is InChI=1S/C17H15F4N5O2/c1-16(8-28-7-13(22)26-16)11-4-10(2-3-12(11)18)25-15(27)14-23-5-9(6-24-14)17(19,20)21/h2-6H,7-8H2,1H3,(H2,22,26)(H,25,27). The maximum absolute atomic E-state index is 14.3. The molecular formula is C17H15F4N5O2. The van der Waals surface area contributed by atoms with Crippen molar-refractivity contribution in [1.29, 1.82) is 0 Å². The fourth-order valence-electron chi connectivity index (χ4n) is 2.67. The largest absolute Gasteiger partial charge is 0.419 e. The summed E-state index contributed by atoms with van der Waals surface area (Å²) in [4.78, 5) is 23.3. The second-order valence-corrected chi connectivity index (χ2v) is 6.31. The van der Waals surface area contributed by atoms with Gasteiger partial charge in [0.05, 0.1) is 12.2 Å². The van der Waals surface area contributed by atoms with Crippen LogP contribution in [0.15, 0.2) is 35.6 Å². The summed E-state index contributed by atoms with van der Waals surface area (Å²) >= 11 is 0. The molecule has 3 N–H and O–H groups in total. The molecule has 1 amide bonds. The number of carbonyl (C=O) groups excluding carboxylic acids is 1. The topological polar surface area (TPSA) is 102 Å². The lowest BCUT2D eigenvalue weighted by Crippen LogP contribution is -2.38. The number of halogens is 4. The van der Waals surface area contributed by atoms with Gasteiger partial charge < -0.3 is 15.8 Å². The molecule has 1 unspecified atom stereocenters. The van der Waals surface area contributed by atoms with Gasteiger partial charge in [-0.25, -0.2) is 14.4 Å². The number of hydrogen-bond donors (Lipinski definition) is 2. The van der Waals surface area contributed by atoms with Crippen molar-refractivity contribution in [3.8, 4) is 0 Å². The molecule has 2 aromatic rings. The number of anilines is 1. The Morgan fingerprint density at radius 2 is 1.96 bits per heavy atom. The Morgan fingerprint density at radius 3 is 2.57 bits per heavy atom. The molecule has 1 aliphatic heterocycles. The predicted octanol–water partition coefficient (Wildman–Crippen LogP) is 2.49. The number of aliphatic imine (C=N–C) groups is 1. The third kappa shape index (κ3) is 4.09. The minimum Gasteiger partial charge on any atom is -0.386 e. The van der Waals surface area contributed by atoms with Crippen LogP contribution in [0.5, 0.6) is 0 Å². The number of nitrogens with two attached hydrogens (primary N) is 1. The molecule has 11 heteroatoms. The molecule has 0 aliphatic carbocycles. The highest BCUT2D eigenvalue weighted by molar-refractivity contribution is 6.01. The van der Waals surface area contributed by atoms with Crippen molar-refractivity contribution in [1.82, 2.24) is 9.97 Å². The van der Waals surface area contributed by atoms with Gasteiger partial charge in [0.25, 0.3) is 5.91 Å². The third-order valence-corrected chi connectivity index (χ3v) is 4.01. The van der Waals surface area contributed by atoms with Crippen LogP contribution in [0.1, 0.15) is 28.7 Å². The van der Waals surface area contributed by atoms with Crippen LogP contribution in [0, 0.1) is 5.82 Å². The van der Waals surface area contributed by atoms with Crippen molar-refractivity contribution in [2.45, 2.75) is 18.6 Å². The molecule has 0 saturated carbocycles. The van der Waals surface area contributed by atoms with Crippen molar-refractivity contribution in [3.05, 3.63) is 53.4 Å². The van der Waals surface area contributed by atoms with Crippen LogP contribution in [-0.2, 0) is 16.5 Å². The number of alkyl halides is 3. The van der Waals surface area contributed by atoms with E-state index in [4.69, 9.17) is 10.5 Å². The number of aromatic nitrogens is 2. The van der Waals surface area contributed by atoms with E-state index in [-0.39, 0.29) is 30.3 Å². The van der Waals surface area contributed by atoms with Gasteiger partial charge in [-0.2, -0.15) is 13.2 Å². The second-order valence-electron chi connectivity index (χ2n) is 6.31. The van der Waals surface area contributed by atoms with Gasteiger partial charge in [-0.05, 0) is 25.1 Å². The lowest BCUT2D eigenvalue weighted by Gasteiger charge is -2.30. The van der Waals surface area contributed by atoms with Crippen LogP contribution < -0.4 is 11.1 Å². The molecular weight excluding hydrogens is 382 g/mol. The predicted molar refractivity (Wildman–Crippen MR) is 91.2 cm³/mol. The van der Waals surface area contributed by atoms with Crippen LogP contribution >= 0.6 is 0 Å². The normalized spacial score (nSPS) is 19.8. The Kier molecular flexibility index (Phi) is 5.02. The van der Waals surface area contributed by atoms with E-state index in [2.05, 4.69) is 20.3 Å². The lowest BCUT2D eigenvalue weighted by atomic mass is 9.92. The number of nitrogens with zero attached hydrogens (tertiary/aromatic N) is 3. The number of ether oxygens (including phenoxy) is 1. The fraction of sp³-hybridized carbons (Fsp3) is 0.294. The molecule has 0 fully saturated rings. The van der Waals surface area contributed by atoms with Crippen LogP contribution in [0.2, 0.25) is 0 Å². The molecule has 7 nitrogen and oxygen atoms in total. The van der Waals surface area contributed by atoms with Crippen LogP contribution in [0.4, 0.5) is 23.2 Å². The Labute approximate surface area is 156 Å². The summed E-state index contributed by atoms with van der Waals surface area (Å²) in [6.07, 6.45) is -3.59. The summed E-state index contributed by atoms with van der Waals surface area (Å²) < 4.78 is 57.3. The molecule has 2 heterocycles. The molecule has 0 spiro atoms. The first-order valence-corrected chi connectivity index (χ1v) is 8.01. The van der Waals surface area contributed by atoms with Crippen LogP contribution in [0.3, 0.4) is 0 Å². The van der Waals surface area contributed by atoms with Gasteiger partial charge in [0, 0.05) is 23.6 Å². The van der Waals surface area contributed by atoms with E-state index in [9.17, 15) is 22.4 Å². The number of carbonyl (C=O) groups is 1. The second kappa shape index (κ2) is 7.15. The summed E-state index contributed by atoms with van der Waals surface area (Å²) in [6, 6.07) is 3.77. The monoisotopic (exact) mass is 397 g/mol. The summed E-state index contributed by atoms with van der Waals surface area (Å²) in [6.45, 7) is 1.85. The number of rotatable bonds is 3. The molecule has 0 bridgehead atoms. The zero-order chi connectivity index (χ0) is 20.5. The number of hydrogen-bond acceptors (Lipinski definition) is 6. The maximum atomic E-state index is 14.3. The quantitative estimate of drug-likeness (QED) is 0.775. The first-order valence-electron chi connectivity index (χ1n) is 8.01. The number of benzene rings is 1. The summed E-state index contributed by atoms with van der Waals surface area (Å²) in [7, 11) is 0. The van der Waals surface area contributed by atoms with Crippen molar-refractivity contribution < 1.29 is 27.1 Å². The molecule has 1 atom stereocenters. The summed E-state index contributed by atoms with van der Waals surface area (Å²) in [5.41, 5.74) is 3.84. The molecule has 28 heavy (non-hydrogen) atoms. The SMILES string of the molecule is CC1(c2cc(NC(=O)c3ncc(C(F)(F)F)cn3)ccc2F)COCC(N)=N1. The first kappa shape index (κ1) is 19.7. The average Bonchev–Trinajstić information content (AvgIpc) is 2.62. The van der Waals surface area contributed by atoms with E-state index in [0.717, 1.165) is 6.07 Å². The summed E-state index contributed by atoms with van der Waals surface area (Å²) in [5, 5.41) is 2.42. The first-order chi connectivity index (χ1) is 13.1. The molecule has 148 valence electrons. The Balaban J connectivity index is 1.83. The van der Waals surface area contributed by atoms with Crippen molar-refractivity contribution in [2.24, 2.45) is 10.7 Å². The van der Waals surface area contributed by atoms with Crippen LogP contribution in [-0.4, -0.2) is 34.9 Å². The maximum Gasteiger partial charge on any atom is 0.419 e. The third-order valence-electron chi connectivity index (χ3n) is 4.01. The van der Waals surface area contributed by atoms with Gasteiger partial charge in [-0.1, -0.05) is 0 Å². The molecule has 1 aromatic heterocycles. The van der Waals surface area contributed by atoms with Gasteiger partial charge in [-0.15, -0.1) is 0 Å². The minimum atomic E-state index is -4.61. The molecule has 1 aliphatic rings. The van der Waals surface area contributed by atoms with Gasteiger partial charge in [-0.3, -0.25) is 9.79 Å². The van der Waals surface area contributed by atoms with Crippen molar-refractivity contribution in [2.75, 3.05) is 18.5 Å². The van der Waals surface area contributed by atoms with Crippen molar-refractivity contribution in [3.63, 3.8) is 0 Å². The van der Waals surface area contributed by atoms with Crippen molar-refractivity contribution >= 4 is 17.4 Å². The molecule has 0 radical (unpaired) electrons. The van der Waals surface area contributed by atoms with E-state index in [0.29, 0.717) is 12.4 Å². The number of amides is 1. The summed E-state index contributed by atoms with van der Waals surface area (Å²) in [5.74, 6) is -1.68. The zero-order valence-electron chi connectivity index (χ0n) is 14.5. The van der Waals surface area contributed by atoms with E-state index in [1.165, 1.54) is 12.1 Å². The highest BCUT2D eigenvalue weighted by Crippen LogP contribution is 2.32. The van der Waals surface area contributed by atoms with Gasteiger partial charge >= 0.3 is 6.18 Å². The molecule has 3 rings (SSSR count). The highest BCUT2D eigenvalue weighted by Gasteiger charge is 2.33. The number of nitrogens with one attached hydrogen (secondary N) is 1. The lowest BCUT2D eigenvalue weighted by molar-refractivity contribution is -0.138. The Bertz CT molecular complexity index is 930.